The first-order valence-electron chi connectivity index (χ1n) is 14.3. The Morgan fingerprint density at radius 1 is 0.565 bits per heavy atom. The molecule has 1 atom stereocenters. The Kier molecular flexibility index (Phi) is 11.7. The second kappa shape index (κ2) is 15.1. The van der Waals surface area contributed by atoms with Gasteiger partial charge in [-0.2, -0.15) is 30.3 Å². The van der Waals surface area contributed by atoms with Crippen molar-refractivity contribution in [3.8, 4) is 22.3 Å². The number of rotatable bonds is 1. The van der Waals surface area contributed by atoms with Gasteiger partial charge in [0.05, 0.1) is 0 Å². The van der Waals surface area contributed by atoms with Gasteiger partial charge in [-0.15, -0.1) is 11.6 Å². The van der Waals surface area contributed by atoms with Crippen molar-refractivity contribution < 1.29 is 26.9 Å². The molecule has 0 saturated carbocycles. The molecule has 0 aromatic heterocycles. The van der Waals surface area contributed by atoms with Crippen molar-refractivity contribution >= 4 is 52.0 Å². The van der Waals surface area contributed by atoms with E-state index in [0.29, 0.717) is 5.02 Å². The van der Waals surface area contributed by atoms with Crippen LogP contribution in [0.25, 0.3) is 22.3 Å². The van der Waals surface area contributed by atoms with Crippen LogP contribution in [0.15, 0.2) is 133 Å². The number of hydrogen-bond acceptors (Lipinski definition) is 2. The normalized spacial score (nSPS) is 14.4. The molecule has 0 heterocycles. The molecule has 0 spiro atoms. The zero-order valence-corrected chi connectivity index (χ0v) is 29.9. The van der Waals surface area contributed by atoms with Crippen LogP contribution in [0.3, 0.4) is 0 Å². The third-order valence-electron chi connectivity index (χ3n) is 7.99. The molecule has 0 radical (unpaired) electrons. The maximum Gasteiger partial charge on any atom is 2.00 e. The number of carbonyl (C=O) groups is 1. The Labute approximate surface area is 307 Å². The third kappa shape index (κ3) is 6.89. The van der Waals surface area contributed by atoms with Crippen molar-refractivity contribution in [1.29, 1.82) is 0 Å². The van der Waals surface area contributed by atoms with E-state index in [2.05, 4.69) is 30.3 Å². The van der Waals surface area contributed by atoms with E-state index in [1.165, 1.54) is 0 Å². The molecule has 224 valence electrons. The molecule has 6 heteroatoms. The summed E-state index contributed by atoms with van der Waals surface area (Å²) in [4.78, 5) is 12.0. The Hall–Kier alpha value is -3.22. The van der Waals surface area contributed by atoms with Crippen molar-refractivity contribution in [3.63, 3.8) is 0 Å². The number of fused-ring (bicyclic) bond motifs is 6. The summed E-state index contributed by atoms with van der Waals surface area (Å²) >= 11 is 11.5. The van der Waals surface area contributed by atoms with E-state index in [1.54, 1.807) is 24.3 Å². The fourth-order valence-corrected chi connectivity index (χ4v) is 6.13. The molecule has 0 bridgehead atoms. The molecular formula is C40H29BrCl2MgO2. The van der Waals surface area contributed by atoms with Crippen molar-refractivity contribution in [2.24, 2.45) is 0 Å². The van der Waals surface area contributed by atoms with Gasteiger partial charge in [0, 0.05) is 27.3 Å². The summed E-state index contributed by atoms with van der Waals surface area (Å²) in [7, 11) is 0. The maximum absolute atomic E-state index is 12.0. The minimum absolute atomic E-state index is 0. The standard InChI is InChI=1S/C20H15ClO.C14H10O.C6H4Cl.BrH.Mg/c1-13-6-11-17-16-4-2-3-5-18(16)20(22,19(17)12-13)14-7-9-15(21)10-8-14;1-9-6-7-11-10-4-2-3-5-12(10)14(15)13(11)8-9;7-6-4-2-1-3-5-6;;/h2-12,22H,1H3;2-8H,1H3;2-5H;1H;/q;;-1;;+2/p-1. The van der Waals surface area contributed by atoms with Gasteiger partial charge < -0.3 is 22.1 Å². The smallest absolute Gasteiger partial charge is 1.00 e. The molecule has 0 aliphatic heterocycles. The van der Waals surface area contributed by atoms with Crippen molar-refractivity contribution in [2.45, 2.75) is 19.4 Å². The van der Waals surface area contributed by atoms with Crippen LogP contribution in [0.5, 0.6) is 0 Å². The summed E-state index contributed by atoms with van der Waals surface area (Å²) < 4.78 is 0. The summed E-state index contributed by atoms with van der Waals surface area (Å²) in [5.41, 5.74) is 9.86. The van der Waals surface area contributed by atoms with Gasteiger partial charge in [-0.1, -0.05) is 119 Å². The van der Waals surface area contributed by atoms with Gasteiger partial charge in [-0.05, 0) is 59.9 Å². The summed E-state index contributed by atoms with van der Waals surface area (Å²) in [5, 5.41) is 13.1. The van der Waals surface area contributed by atoms with Crippen LogP contribution in [0.2, 0.25) is 10.0 Å². The van der Waals surface area contributed by atoms with Crippen LogP contribution < -0.4 is 17.0 Å². The van der Waals surface area contributed by atoms with E-state index in [9.17, 15) is 9.90 Å². The second-order valence-electron chi connectivity index (χ2n) is 11.0. The number of hydrogen-bond donors (Lipinski definition) is 1. The molecule has 2 nitrogen and oxygen atoms in total. The van der Waals surface area contributed by atoms with Crippen LogP contribution in [-0.4, -0.2) is 33.9 Å². The predicted octanol–water partition coefficient (Wildman–Crippen LogP) is 6.88. The van der Waals surface area contributed by atoms with E-state index >= 15 is 0 Å². The summed E-state index contributed by atoms with van der Waals surface area (Å²) in [6, 6.07) is 45.6. The van der Waals surface area contributed by atoms with E-state index in [4.69, 9.17) is 23.2 Å². The Morgan fingerprint density at radius 2 is 1.07 bits per heavy atom. The van der Waals surface area contributed by atoms with Crippen LogP contribution in [0.4, 0.5) is 0 Å². The molecule has 1 N–H and O–H groups in total. The van der Waals surface area contributed by atoms with Gasteiger partial charge >= 0.3 is 23.1 Å². The Balaban J connectivity index is 0.000000173. The molecule has 2 aliphatic carbocycles. The minimum atomic E-state index is -1.12. The average Bonchev–Trinajstić information content (AvgIpc) is 3.47. The molecule has 2 aliphatic rings. The zero-order chi connectivity index (χ0) is 30.8. The van der Waals surface area contributed by atoms with Crippen molar-refractivity contribution in [1.82, 2.24) is 0 Å². The number of benzene rings is 6. The third-order valence-corrected chi connectivity index (χ3v) is 8.50. The van der Waals surface area contributed by atoms with Crippen LogP contribution >= 0.6 is 23.2 Å². The number of aliphatic hydroxyl groups is 1. The maximum atomic E-state index is 12.0. The summed E-state index contributed by atoms with van der Waals surface area (Å²) in [6.45, 7) is 4.06. The quantitative estimate of drug-likeness (QED) is 0.149. The first-order valence-corrected chi connectivity index (χ1v) is 15.1. The van der Waals surface area contributed by atoms with Crippen LogP contribution in [-0.2, 0) is 5.60 Å². The molecule has 46 heavy (non-hydrogen) atoms. The molecule has 0 amide bonds. The molecule has 1 unspecified atom stereocenters. The topological polar surface area (TPSA) is 37.3 Å². The van der Waals surface area contributed by atoms with E-state index in [-0.39, 0.29) is 45.8 Å². The Bertz CT molecular complexity index is 1990. The first kappa shape index (κ1) is 35.6. The molecule has 0 fully saturated rings. The van der Waals surface area contributed by atoms with E-state index in [1.807, 2.05) is 98.8 Å². The molecule has 8 rings (SSSR count). The van der Waals surface area contributed by atoms with Crippen LogP contribution in [0.1, 0.15) is 43.7 Å². The van der Waals surface area contributed by atoms with Crippen LogP contribution in [0, 0.1) is 19.9 Å². The van der Waals surface area contributed by atoms with E-state index < -0.39 is 5.60 Å². The van der Waals surface area contributed by atoms with Crippen molar-refractivity contribution in [2.75, 3.05) is 0 Å². The van der Waals surface area contributed by atoms with Gasteiger partial charge in [-0.3, -0.25) is 4.79 Å². The molecule has 6 aromatic rings. The number of ketones is 1. The van der Waals surface area contributed by atoms with Gasteiger partial charge in [0.15, 0.2) is 5.78 Å². The van der Waals surface area contributed by atoms with Gasteiger partial charge in [0.25, 0.3) is 0 Å². The summed E-state index contributed by atoms with van der Waals surface area (Å²) in [5.74, 6) is 0.157. The zero-order valence-electron chi connectivity index (χ0n) is 25.4. The minimum Gasteiger partial charge on any atom is -1.00 e. The van der Waals surface area contributed by atoms with Gasteiger partial charge in [0.1, 0.15) is 5.60 Å². The van der Waals surface area contributed by atoms with E-state index in [0.717, 1.165) is 66.2 Å². The number of carbonyl (C=O) groups excluding carboxylic acids is 1. The number of aryl methyl sites for hydroxylation is 2. The molecule has 0 saturated heterocycles. The largest absolute Gasteiger partial charge is 2.00 e. The van der Waals surface area contributed by atoms with Gasteiger partial charge in [-0.25, -0.2) is 0 Å². The first-order chi connectivity index (χ1) is 21.3. The van der Waals surface area contributed by atoms with Crippen molar-refractivity contribution in [3.05, 3.63) is 189 Å². The molecular weight excluding hydrogens is 688 g/mol. The predicted molar refractivity (Wildman–Crippen MR) is 186 cm³/mol. The fraction of sp³-hybridized carbons (Fsp3) is 0.0750. The monoisotopic (exact) mass is 714 g/mol. The average molecular weight is 717 g/mol. The SMILES string of the molecule is Cc1ccc2c(c1)C(=O)c1ccccc1-2.Cc1ccc2c(c1)C(O)(c1ccc(Cl)cc1)c1ccccc1-2.Clc1cc[c-]cc1.[Br-].[Mg+2]. The number of halogens is 3. The molecule has 6 aromatic carbocycles. The van der Waals surface area contributed by atoms with Gasteiger partial charge in [0.2, 0.25) is 0 Å². The second-order valence-corrected chi connectivity index (χ2v) is 11.8. The summed E-state index contributed by atoms with van der Waals surface area (Å²) in [6.07, 6.45) is 0. The Morgan fingerprint density at radius 3 is 1.70 bits per heavy atom. The fourth-order valence-electron chi connectivity index (χ4n) is 5.88.